The van der Waals surface area contributed by atoms with Crippen LogP contribution in [0.3, 0.4) is 0 Å². The number of hydrogen-bond acceptors (Lipinski definition) is 4. The molecule has 0 amide bonds. The Morgan fingerprint density at radius 2 is 2.15 bits per heavy atom. The Hall–Kier alpha value is -2.08. The number of aryl methyl sites for hydroxylation is 1. The number of benzene rings is 1. The molecule has 0 radical (unpaired) electrons. The minimum absolute atomic E-state index is 0.338. The molecule has 20 heavy (non-hydrogen) atoms. The quantitative estimate of drug-likeness (QED) is 0.825. The Kier molecular flexibility index (Phi) is 4.57. The highest BCUT2D eigenvalue weighted by atomic mass is 32.1. The fourth-order valence-corrected chi connectivity index (χ4v) is 1.88. The molecule has 0 atom stereocenters. The molecule has 0 saturated carbocycles. The molecule has 0 spiro atoms. The van der Waals surface area contributed by atoms with Gasteiger partial charge in [-0.2, -0.15) is 5.10 Å². The molecule has 106 valence electrons. The van der Waals surface area contributed by atoms with E-state index in [0.717, 1.165) is 11.1 Å². The second kappa shape index (κ2) is 6.38. The highest BCUT2D eigenvalue weighted by Gasteiger charge is 2.08. The maximum absolute atomic E-state index is 5.76. The summed E-state index contributed by atoms with van der Waals surface area (Å²) in [6.07, 6.45) is 3.67. The third-order valence-corrected chi connectivity index (χ3v) is 2.92. The first-order chi connectivity index (χ1) is 9.60. The molecule has 1 aromatic heterocycles. The van der Waals surface area contributed by atoms with Crippen LogP contribution in [0.15, 0.2) is 30.6 Å². The summed E-state index contributed by atoms with van der Waals surface area (Å²) >= 11 is 4.96. The van der Waals surface area contributed by atoms with E-state index in [0.29, 0.717) is 29.7 Å². The first-order valence-corrected chi connectivity index (χ1v) is 6.68. The largest absolute Gasteiger partial charge is 0.490 e. The summed E-state index contributed by atoms with van der Waals surface area (Å²) in [6.45, 7) is 2.89. The molecule has 0 aliphatic heterocycles. The Bertz CT molecular complexity index is 610. The van der Waals surface area contributed by atoms with E-state index in [4.69, 9.17) is 27.4 Å². The summed E-state index contributed by atoms with van der Waals surface area (Å²) in [7, 11) is 1.87. The zero-order chi connectivity index (χ0) is 14.5. The minimum Gasteiger partial charge on any atom is -0.490 e. The van der Waals surface area contributed by atoms with Crippen molar-refractivity contribution in [3.63, 3.8) is 0 Å². The van der Waals surface area contributed by atoms with Crippen LogP contribution < -0.4 is 15.2 Å². The lowest BCUT2D eigenvalue weighted by atomic mass is 10.2. The molecule has 5 nitrogen and oxygen atoms in total. The van der Waals surface area contributed by atoms with Crippen molar-refractivity contribution in [3.8, 4) is 11.5 Å². The summed E-state index contributed by atoms with van der Waals surface area (Å²) in [6, 6.07) is 5.43. The Morgan fingerprint density at radius 1 is 1.35 bits per heavy atom. The van der Waals surface area contributed by atoms with Gasteiger partial charge in [-0.15, -0.1) is 0 Å². The molecule has 2 rings (SSSR count). The van der Waals surface area contributed by atoms with Gasteiger partial charge in [0.1, 0.15) is 11.6 Å². The van der Waals surface area contributed by atoms with Crippen LogP contribution in [0.5, 0.6) is 11.5 Å². The number of thiocarbonyl (C=S) groups is 1. The van der Waals surface area contributed by atoms with Crippen molar-refractivity contribution in [2.75, 3.05) is 6.61 Å². The van der Waals surface area contributed by atoms with Gasteiger partial charge in [-0.25, -0.2) is 0 Å². The van der Waals surface area contributed by atoms with Gasteiger partial charge in [0.15, 0.2) is 11.5 Å². The summed E-state index contributed by atoms with van der Waals surface area (Å²) < 4.78 is 13.1. The number of aromatic nitrogens is 2. The third kappa shape index (κ3) is 3.48. The minimum atomic E-state index is 0.338. The van der Waals surface area contributed by atoms with Crippen molar-refractivity contribution in [2.24, 2.45) is 12.8 Å². The van der Waals surface area contributed by atoms with Gasteiger partial charge in [-0.3, -0.25) is 4.68 Å². The van der Waals surface area contributed by atoms with Gasteiger partial charge in [-0.05, 0) is 25.1 Å². The van der Waals surface area contributed by atoms with Crippen molar-refractivity contribution in [1.29, 1.82) is 0 Å². The number of nitrogens with zero attached hydrogens (tertiary/aromatic N) is 2. The number of nitrogens with two attached hydrogens (primary N) is 1. The molecule has 0 fully saturated rings. The van der Waals surface area contributed by atoms with Crippen LogP contribution in [-0.2, 0) is 13.7 Å². The van der Waals surface area contributed by atoms with E-state index < -0.39 is 0 Å². The standard InChI is InChI=1S/C14H17N3O2S/c1-3-18-13-6-11(14(15)20)4-5-12(13)19-9-10-7-16-17(2)8-10/h4-8H,3,9H2,1-2H3,(H2,15,20). The summed E-state index contributed by atoms with van der Waals surface area (Å²) in [5, 5.41) is 4.10. The van der Waals surface area contributed by atoms with Crippen LogP contribution in [-0.4, -0.2) is 21.4 Å². The van der Waals surface area contributed by atoms with E-state index in [1.54, 1.807) is 16.9 Å². The predicted octanol–water partition coefficient (Wildman–Crippen LogP) is 2.03. The topological polar surface area (TPSA) is 62.3 Å². The normalized spacial score (nSPS) is 10.3. The predicted molar refractivity (Wildman–Crippen MR) is 81.0 cm³/mol. The van der Waals surface area contributed by atoms with E-state index in [-0.39, 0.29) is 0 Å². The fraction of sp³-hybridized carbons (Fsp3) is 0.286. The van der Waals surface area contributed by atoms with E-state index in [2.05, 4.69) is 5.10 Å². The second-order valence-electron chi connectivity index (χ2n) is 4.27. The van der Waals surface area contributed by atoms with Crippen molar-refractivity contribution < 1.29 is 9.47 Å². The van der Waals surface area contributed by atoms with Crippen LogP contribution in [0.2, 0.25) is 0 Å². The highest BCUT2D eigenvalue weighted by Crippen LogP contribution is 2.29. The average molecular weight is 291 g/mol. The van der Waals surface area contributed by atoms with E-state index in [9.17, 15) is 0 Å². The lowest BCUT2D eigenvalue weighted by molar-refractivity contribution is 0.269. The summed E-state index contributed by atoms with van der Waals surface area (Å²) in [5.74, 6) is 1.30. The van der Waals surface area contributed by atoms with E-state index in [1.165, 1.54) is 0 Å². The van der Waals surface area contributed by atoms with Crippen LogP contribution >= 0.6 is 12.2 Å². The Morgan fingerprint density at radius 3 is 2.75 bits per heavy atom. The van der Waals surface area contributed by atoms with E-state index in [1.807, 2.05) is 32.3 Å². The van der Waals surface area contributed by atoms with Crippen molar-refractivity contribution in [1.82, 2.24) is 9.78 Å². The molecule has 0 bridgehead atoms. The van der Waals surface area contributed by atoms with Gasteiger partial charge in [0.25, 0.3) is 0 Å². The van der Waals surface area contributed by atoms with Gasteiger partial charge in [0.2, 0.25) is 0 Å². The molecule has 2 aromatic rings. The van der Waals surface area contributed by atoms with Crippen LogP contribution in [0.4, 0.5) is 0 Å². The molecule has 2 N–H and O–H groups in total. The lowest BCUT2D eigenvalue weighted by Gasteiger charge is -2.12. The lowest BCUT2D eigenvalue weighted by Crippen LogP contribution is -2.10. The van der Waals surface area contributed by atoms with Gasteiger partial charge in [-0.1, -0.05) is 12.2 Å². The van der Waals surface area contributed by atoms with Crippen molar-refractivity contribution in [3.05, 3.63) is 41.7 Å². The molecule has 1 heterocycles. The highest BCUT2D eigenvalue weighted by molar-refractivity contribution is 7.80. The van der Waals surface area contributed by atoms with Crippen LogP contribution in [0.1, 0.15) is 18.1 Å². The van der Waals surface area contributed by atoms with Crippen LogP contribution in [0, 0.1) is 0 Å². The molecular formula is C14H17N3O2S. The molecular weight excluding hydrogens is 274 g/mol. The van der Waals surface area contributed by atoms with Crippen molar-refractivity contribution in [2.45, 2.75) is 13.5 Å². The molecule has 0 aliphatic carbocycles. The SMILES string of the molecule is CCOc1cc(C(N)=S)ccc1OCc1cnn(C)c1. The van der Waals surface area contributed by atoms with Gasteiger partial charge in [0.05, 0.1) is 12.8 Å². The zero-order valence-corrected chi connectivity index (χ0v) is 12.3. The fourth-order valence-electron chi connectivity index (χ4n) is 1.76. The van der Waals surface area contributed by atoms with Crippen molar-refractivity contribution >= 4 is 17.2 Å². The molecule has 6 heteroatoms. The smallest absolute Gasteiger partial charge is 0.161 e. The van der Waals surface area contributed by atoms with Gasteiger partial charge >= 0.3 is 0 Å². The summed E-state index contributed by atoms with van der Waals surface area (Å²) in [4.78, 5) is 0.338. The monoisotopic (exact) mass is 291 g/mol. The zero-order valence-electron chi connectivity index (χ0n) is 11.5. The summed E-state index contributed by atoms with van der Waals surface area (Å²) in [5.41, 5.74) is 7.38. The number of rotatable bonds is 6. The van der Waals surface area contributed by atoms with Gasteiger partial charge in [0, 0.05) is 24.4 Å². The van der Waals surface area contributed by atoms with E-state index >= 15 is 0 Å². The number of hydrogen-bond donors (Lipinski definition) is 1. The molecule has 0 unspecified atom stereocenters. The Balaban J connectivity index is 2.15. The Labute approximate surface area is 123 Å². The van der Waals surface area contributed by atoms with Gasteiger partial charge < -0.3 is 15.2 Å². The third-order valence-electron chi connectivity index (χ3n) is 2.68. The first kappa shape index (κ1) is 14.3. The average Bonchev–Trinajstić information content (AvgIpc) is 2.83. The second-order valence-corrected chi connectivity index (χ2v) is 4.71. The molecule has 0 saturated heterocycles. The molecule has 1 aromatic carbocycles. The maximum atomic E-state index is 5.76. The number of ether oxygens (including phenoxy) is 2. The molecule has 0 aliphatic rings. The maximum Gasteiger partial charge on any atom is 0.161 e. The first-order valence-electron chi connectivity index (χ1n) is 6.27. The van der Waals surface area contributed by atoms with Crippen LogP contribution in [0.25, 0.3) is 0 Å².